The van der Waals surface area contributed by atoms with Gasteiger partial charge in [0.25, 0.3) is 0 Å². The summed E-state index contributed by atoms with van der Waals surface area (Å²) in [5.74, 6) is 0. The highest BCUT2D eigenvalue weighted by Crippen LogP contribution is 2.23. The van der Waals surface area contributed by atoms with Crippen molar-refractivity contribution in [1.82, 2.24) is 4.98 Å². The second-order valence-electron chi connectivity index (χ2n) is 2.43. The molecular weight excluding hydrogens is 142 g/mol. The first kappa shape index (κ1) is 7.48. The third-order valence-electron chi connectivity index (χ3n) is 1.29. The monoisotopic (exact) mass is 153 g/mol. The van der Waals surface area contributed by atoms with Gasteiger partial charge >= 0.3 is 0 Å². The van der Waals surface area contributed by atoms with E-state index in [0.29, 0.717) is 0 Å². The van der Waals surface area contributed by atoms with Gasteiger partial charge in [0.1, 0.15) is 0 Å². The maximum absolute atomic E-state index is 4.29. The van der Waals surface area contributed by atoms with Gasteiger partial charge in [-0.25, -0.2) is 4.98 Å². The molecule has 2 heteroatoms. The van der Waals surface area contributed by atoms with Crippen molar-refractivity contribution >= 4 is 16.9 Å². The van der Waals surface area contributed by atoms with E-state index in [1.165, 1.54) is 4.88 Å². The van der Waals surface area contributed by atoms with Crippen LogP contribution in [0.25, 0.3) is 5.57 Å². The van der Waals surface area contributed by atoms with Crippen LogP contribution in [0.4, 0.5) is 0 Å². The van der Waals surface area contributed by atoms with E-state index in [0.717, 1.165) is 16.3 Å². The van der Waals surface area contributed by atoms with Crippen molar-refractivity contribution in [2.75, 3.05) is 0 Å². The van der Waals surface area contributed by atoms with E-state index in [9.17, 15) is 0 Å². The van der Waals surface area contributed by atoms with Crippen LogP contribution < -0.4 is 0 Å². The number of hydrogen-bond acceptors (Lipinski definition) is 2. The summed E-state index contributed by atoms with van der Waals surface area (Å²) in [6, 6.07) is 0. The largest absolute Gasteiger partial charge is 0.246 e. The van der Waals surface area contributed by atoms with Gasteiger partial charge in [-0.3, -0.25) is 0 Å². The molecule has 0 saturated heterocycles. The van der Waals surface area contributed by atoms with E-state index in [-0.39, 0.29) is 0 Å². The van der Waals surface area contributed by atoms with E-state index >= 15 is 0 Å². The summed E-state index contributed by atoms with van der Waals surface area (Å²) in [7, 11) is 0. The number of rotatable bonds is 1. The predicted octanol–water partition coefficient (Wildman–Crippen LogP) is 2.79. The van der Waals surface area contributed by atoms with E-state index in [1.807, 2.05) is 20.8 Å². The molecular formula is C8H11NS. The minimum Gasteiger partial charge on any atom is -0.246 e. The zero-order valence-corrected chi connectivity index (χ0v) is 7.38. The lowest BCUT2D eigenvalue weighted by atomic mass is 10.2. The number of nitrogens with zero attached hydrogens (tertiary/aromatic N) is 1. The van der Waals surface area contributed by atoms with Crippen molar-refractivity contribution in [3.8, 4) is 0 Å². The Balaban J connectivity index is 3.15. The Morgan fingerprint density at radius 2 is 2.10 bits per heavy atom. The number of allylic oxidation sites excluding steroid dienone is 1. The average molecular weight is 153 g/mol. The standard InChI is InChI=1S/C8H11NS/c1-5(2)8-6(3)9-7(4)10-8/h1H2,2-4H3. The molecule has 0 bridgehead atoms. The van der Waals surface area contributed by atoms with Crippen LogP contribution in [0.3, 0.4) is 0 Å². The molecule has 0 saturated carbocycles. The predicted molar refractivity (Wildman–Crippen MR) is 46.3 cm³/mol. The van der Waals surface area contributed by atoms with Crippen LogP contribution in [-0.4, -0.2) is 4.98 Å². The van der Waals surface area contributed by atoms with Crippen molar-refractivity contribution in [3.63, 3.8) is 0 Å². The highest BCUT2D eigenvalue weighted by atomic mass is 32.1. The summed E-state index contributed by atoms with van der Waals surface area (Å²) in [5, 5.41) is 1.12. The highest BCUT2D eigenvalue weighted by molar-refractivity contribution is 7.12. The Labute approximate surface area is 65.4 Å². The van der Waals surface area contributed by atoms with Gasteiger partial charge in [-0.05, 0) is 26.3 Å². The zero-order chi connectivity index (χ0) is 7.72. The summed E-state index contributed by atoms with van der Waals surface area (Å²) in [4.78, 5) is 5.52. The van der Waals surface area contributed by atoms with Crippen molar-refractivity contribution in [1.29, 1.82) is 0 Å². The Morgan fingerprint density at radius 1 is 1.50 bits per heavy atom. The second kappa shape index (κ2) is 2.54. The second-order valence-corrected chi connectivity index (χ2v) is 3.63. The van der Waals surface area contributed by atoms with Crippen molar-refractivity contribution in [3.05, 3.63) is 22.2 Å². The minimum absolute atomic E-state index is 1.11. The molecule has 1 aromatic rings. The van der Waals surface area contributed by atoms with Gasteiger partial charge in [0, 0.05) is 0 Å². The first-order valence-electron chi connectivity index (χ1n) is 3.21. The smallest absolute Gasteiger partial charge is 0.0903 e. The molecule has 0 N–H and O–H groups in total. The molecule has 0 amide bonds. The third-order valence-corrected chi connectivity index (χ3v) is 2.53. The molecule has 0 fully saturated rings. The Morgan fingerprint density at radius 3 is 2.30 bits per heavy atom. The van der Waals surface area contributed by atoms with E-state index < -0.39 is 0 Å². The maximum atomic E-state index is 4.29. The molecule has 0 aliphatic rings. The fourth-order valence-electron chi connectivity index (χ4n) is 0.927. The van der Waals surface area contributed by atoms with Gasteiger partial charge in [0.05, 0.1) is 15.6 Å². The lowest BCUT2D eigenvalue weighted by molar-refractivity contribution is 1.19. The van der Waals surface area contributed by atoms with Gasteiger partial charge in [-0.1, -0.05) is 6.58 Å². The normalized spacial score (nSPS) is 9.90. The van der Waals surface area contributed by atoms with E-state index in [4.69, 9.17) is 0 Å². The third kappa shape index (κ3) is 1.27. The summed E-state index contributed by atoms with van der Waals surface area (Å²) in [6.07, 6.45) is 0. The minimum atomic E-state index is 1.11. The SMILES string of the molecule is C=C(C)c1sc(C)nc1C. The summed E-state index contributed by atoms with van der Waals surface area (Å²) < 4.78 is 0. The summed E-state index contributed by atoms with van der Waals surface area (Å²) in [5.41, 5.74) is 2.22. The van der Waals surface area contributed by atoms with Crippen LogP contribution >= 0.6 is 11.3 Å². The number of hydrogen-bond donors (Lipinski definition) is 0. The van der Waals surface area contributed by atoms with Crippen molar-refractivity contribution < 1.29 is 0 Å². The van der Waals surface area contributed by atoms with Gasteiger partial charge < -0.3 is 0 Å². The molecule has 0 unspecified atom stereocenters. The molecule has 0 aromatic carbocycles. The van der Waals surface area contributed by atoms with Gasteiger partial charge in [-0.15, -0.1) is 11.3 Å². The molecule has 0 aliphatic heterocycles. The Bertz CT molecular complexity index is 260. The molecule has 0 aliphatic carbocycles. The molecule has 1 rings (SSSR count). The number of aryl methyl sites for hydroxylation is 2. The molecule has 10 heavy (non-hydrogen) atoms. The van der Waals surface area contributed by atoms with Gasteiger partial charge in [-0.2, -0.15) is 0 Å². The quantitative estimate of drug-likeness (QED) is 0.604. The molecule has 54 valence electrons. The topological polar surface area (TPSA) is 12.9 Å². The fourth-order valence-corrected chi connectivity index (χ4v) is 1.77. The van der Waals surface area contributed by atoms with Crippen LogP contribution in [0.2, 0.25) is 0 Å². The molecule has 0 atom stereocenters. The average Bonchev–Trinajstić information content (AvgIpc) is 2.10. The fraction of sp³-hybridized carbons (Fsp3) is 0.375. The number of aromatic nitrogens is 1. The highest BCUT2D eigenvalue weighted by Gasteiger charge is 2.03. The van der Waals surface area contributed by atoms with Crippen LogP contribution in [0.15, 0.2) is 6.58 Å². The van der Waals surface area contributed by atoms with Crippen molar-refractivity contribution in [2.24, 2.45) is 0 Å². The molecule has 1 aromatic heterocycles. The first-order valence-corrected chi connectivity index (χ1v) is 4.03. The van der Waals surface area contributed by atoms with E-state index in [2.05, 4.69) is 11.6 Å². The maximum Gasteiger partial charge on any atom is 0.0903 e. The molecule has 1 heterocycles. The summed E-state index contributed by atoms with van der Waals surface area (Å²) >= 11 is 1.71. The van der Waals surface area contributed by atoms with Crippen LogP contribution in [0.1, 0.15) is 22.5 Å². The Hall–Kier alpha value is -0.630. The number of thiazole rings is 1. The zero-order valence-electron chi connectivity index (χ0n) is 6.56. The molecule has 0 spiro atoms. The summed E-state index contributed by atoms with van der Waals surface area (Å²) in [6.45, 7) is 9.92. The van der Waals surface area contributed by atoms with E-state index in [1.54, 1.807) is 11.3 Å². The molecule has 0 radical (unpaired) electrons. The lowest BCUT2D eigenvalue weighted by Crippen LogP contribution is -1.76. The molecule has 1 nitrogen and oxygen atoms in total. The van der Waals surface area contributed by atoms with Crippen molar-refractivity contribution in [2.45, 2.75) is 20.8 Å². The van der Waals surface area contributed by atoms with Crippen LogP contribution in [-0.2, 0) is 0 Å². The van der Waals surface area contributed by atoms with Gasteiger partial charge in [0.15, 0.2) is 0 Å². The Kier molecular flexibility index (Phi) is 1.90. The first-order chi connectivity index (χ1) is 4.61. The van der Waals surface area contributed by atoms with Gasteiger partial charge in [0.2, 0.25) is 0 Å². The van der Waals surface area contributed by atoms with Crippen LogP contribution in [0, 0.1) is 13.8 Å². The lowest BCUT2D eigenvalue weighted by Gasteiger charge is -1.91. The van der Waals surface area contributed by atoms with Crippen LogP contribution in [0.5, 0.6) is 0 Å².